The second kappa shape index (κ2) is 5.30. The summed E-state index contributed by atoms with van der Waals surface area (Å²) < 4.78 is 0. The van der Waals surface area contributed by atoms with Crippen molar-refractivity contribution in [2.24, 2.45) is 0 Å². The Balaban J connectivity index is 2.16. The van der Waals surface area contributed by atoms with E-state index in [-0.39, 0.29) is 0 Å². The van der Waals surface area contributed by atoms with Gasteiger partial charge in [0.25, 0.3) is 0 Å². The minimum atomic E-state index is 0.547. The lowest BCUT2D eigenvalue weighted by Crippen LogP contribution is -2.46. The molecule has 3 heteroatoms. The normalized spacial score (nSPS) is 17.7. The summed E-state index contributed by atoms with van der Waals surface area (Å²) >= 11 is 0. The number of nitrogens with one attached hydrogen (secondary N) is 1. The van der Waals surface area contributed by atoms with Crippen LogP contribution in [-0.4, -0.2) is 30.2 Å². The first-order chi connectivity index (χ1) is 7.79. The predicted octanol–water partition coefficient (Wildman–Crippen LogP) is 2.05. The molecule has 1 aromatic rings. The molecule has 2 heterocycles. The Hall–Kier alpha value is -1.09. The summed E-state index contributed by atoms with van der Waals surface area (Å²) in [5.74, 6) is 0. The summed E-state index contributed by atoms with van der Waals surface area (Å²) in [5, 5.41) is 3.42. The molecule has 0 aromatic carbocycles. The van der Waals surface area contributed by atoms with Crippen molar-refractivity contribution in [1.29, 1.82) is 0 Å². The van der Waals surface area contributed by atoms with Crippen LogP contribution in [0.1, 0.15) is 26.7 Å². The number of anilines is 1. The number of pyridine rings is 1. The molecule has 0 amide bonds. The maximum Gasteiger partial charge on any atom is 0.0401 e. The van der Waals surface area contributed by atoms with E-state index in [9.17, 15) is 0 Å². The van der Waals surface area contributed by atoms with E-state index in [4.69, 9.17) is 0 Å². The van der Waals surface area contributed by atoms with Gasteiger partial charge < -0.3 is 10.2 Å². The van der Waals surface area contributed by atoms with Crippen molar-refractivity contribution in [3.05, 3.63) is 24.5 Å². The minimum absolute atomic E-state index is 0.547. The molecule has 1 aliphatic heterocycles. The van der Waals surface area contributed by atoms with Gasteiger partial charge in [-0.2, -0.15) is 0 Å². The van der Waals surface area contributed by atoms with Gasteiger partial charge in [-0.15, -0.1) is 0 Å². The second-order valence-corrected chi connectivity index (χ2v) is 4.69. The van der Waals surface area contributed by atoms with Gasteiger partial charge >= 0.3 is 0 Å². The third-order valence-corrected chi connectivity index (χ3v) is 3.22. The lowest BCUT2D eigenvalue weighted by Gasteiger charge is -2.39. The van der Waals surface area contributed by atoms with Crippen molar-refractivity contribution in [2.45, 2.75) is 38.8 Å². The summed E-state index contributed by atoms with van der Waals surface area (Å²) in [7, 11) is 0. The van der Waals surface area contributed by atoms with Crippen molar-refractivity contribution >= 4 is 5.69 Å². The third kappa shape index (κ3) is 2.53. The number of hydrogen-bond donors (Lipinski definition) is 1. The van der Waals surface area contributed by atoms with Gasteiger partial charge in [0, 0.05) is 30.2 Å². The smallest absolute Gasteiger partial charge is 0.0401 e. The quantitative estimate of drug-likeness (QED) is 0.843. The monoisotopic (exact) mass is 219 g/mol. The van der Waals surface area contributed by atoms with Crippen LogP contribution in [0.3, 0.4) is 0 Å². The molecule has 1 N–H and O–H groups in total. The zero-order chi connectivity index (χ0) is 11.4. The van der Waals surface area contributed by atoms with E-state index >= 15 is 0 Å². The van der Waals surface area contributed by atoms with E-state index in [2.05, 4.69) is 41.2 Å². The van der Waals surface area contributed by atoms with E-state index in [0.29, 0.717) is 12.1 Å². The summed E-state index contributed by atoms with van der Waals surface area (Å²) in [6, 6.07) is 5.44. The van der Waals surface area contributed by atoms with Crippen molar-refractivity contribution < 1.29 is 0 Å². The number of aromatic nitrogens is 1. The standard InChI is InChI=1S/C13H21N3/c1-11(2)16(12-3-7-14-8-4-12)13-5-9-15-10-6-13/h3-4,7-8,11,13,15H,5-6,9-10H2,1-2H3. The van der Waals surface area contributed by atoms with Crippen LogP contribution in [-0.2, 0) is 0 Å². The second-order valence-electron chi connectivity index (χ2n) is 4.69. The lowest BCUT2D eigenvalue weighted by molar-refractivity contribution is 0.412. The van der Waals surface area contributed by atoms with E-state index < -0.39 is 0 Å². The van der Waals surface area contributed by atoms with E-state index in [1.807, 2.05) is 12.4 Å². The fourth-order valence-electron chi connectivity index (χ4n) is 2.53. The summed E-state index contributed by atoms with van der Waals surface area (Å²) in [6.07, 6.45) is 6.23. The summed E-state index contributed by atoms with van der Waals surface area (Å²) in [6.45, 7) is 6.81. The van der Waals surface area contributed by atoms with Crippen LogP contribution in [0.15, 0.2) is 24.5 Å². The predicted molar refractivity (Wildman–Crippen MR) is 67.7 cm³/mol. The average Bonchev–Trinajstić information content (AvgIpc) is 2.31. The molecule has 16 heavy (non-hydrogen) atoms. The molecular weight excluding hydrogens is 198 g/mol. The Morgan fingerprint density at radius 1 is 1.25 bits per heavy atom. The molecule has 2 rings (SSSR count). The van der Waals surface area contributed by atoms with Gasteiger partial charge in [0.05, 0.1) is 0 Å². The molecule has 3 nitrogen and oxygen atoms in total. The highest BCUT2D eigenvalue weighted by Gasteiger charge is 2.23. The highest BCUT2D eigenvalue weighted by atomic mass is 15.2. The van der Waals surface area contributed by atoms with Gasteiger partial charge in [0.2, 0.25) is 0 Å². The first-order valence-electron chi connectivity index (χ1n) is 6.18. The van der Waals surface area contributed by atoms with Gasteiger partial charge in [-0.25, -0.2) is 0 Å². The molecule has 0 spiro atoms. The Morgan fingerprint density at radius 3 is 2.44 bits per heavy atom. The van der Waals surface area contributed by atoms with Crippen LogP contribution >= 0.6 is 0 Å². The van der Waals surface area contributed by atoms with Crippen molar-refractivity contribution in [3.63, 3.8) is 0 Å². The van der Waals surface area contributed by atoms with Crippen LogP contribution in [0, 0.1) is 0 Å². The Bertz CT molecular complexity index is 304. The Kier molecular flexibility index (Phi) is 3.78. The molecule has 0 atom stereocenters. The molecule has 0 unspecified atom stereocenters. The average molecular weight is 219 g/mol. The summed E-state index contributed by atoms with van der Waals surface area (Å²) in [4.78, 5) is 6.62. The topological polar surface area (TPSA) is 28.2 Å². The van der Waals surface area contributed by atoms with Gasteiger partial charge in [-0.1, -0.05) is 0 Å². The SMILES string of the molecule is CC(C)N(c1ccncc1)C1CCNCC1. The maximum absolute atomic E-state index is 4.09. The zero-order valence-electron chi connectivity index (χ0n) is 10.2. The lowest BCUT2D eigenvalue weighted by atomic mass is 10.0. The van der Waals surface area contributed by atoms with Gasteiger partial charge in [0.1, 0.15) is 0 Å². The van der Waals surface area contributed by atoms with Crippen LogP contribution in [0.25, 0.3) is 0 Å². The number of nitrogens with zero attached hydrogens (tertiary/aromatic N) is 2. The first-order valence-corrected chi connectivity index (χ1v) is 6.18. The van der Waals surface area contributed by atoms with Gasteiger partial charge in [-0.3, -0.25) is 4.98 Å². The van der Waals surface area contributed by atoms with Gasteiger partial charge in [0.15, 0.2) is 0 Å². The Labute approximate surface area is 97.9 Å². The fourth-order valence-corrected chi connectivity index (χ4v) is 2.53. The summed E-state index contributed by atoms with van der Waals surface area (Å²) in [5.41, 5.74) is 1.30. The maximum atomic E-state index is 4.09. The van der Waals surface area contributed by atoms with Crippen LogP contribution in [0.4, 0.5) is 5.69 Å². The van der Waals surface area contributed by atoms with E-state index in [1.165, 1.54) is 18.5 Å². The highest BCUT2D eigenvalue weighted by molar-refractivity contribution is 5.46. The molecule has 0 aliphatic carbocycles. The Morgan fingerprint density at radius 2 is 1.88 bits per heavy atom. The van der Waals surface area contributed by atoms with Crippen molar-refractivity contribution in [1.82, 2.24) is 10.3 Å². The third-order valence-electron chi connectivity index (χ3n) is 3.22. The molecule has 0 bridgehead atoms. The van der Waals surface area contributed by atoms with E-state index in [1.54, 1.807) is 0 Å². The van der Waals surface area contributed by atoms with Crippen LogP contribution < -0.4 is 10.2 Å². The molecule has 0 saturated carbocycles. The molecule has 88 valence electrons. The van der Waals surface area contributed by atoms with Crippen molar-refractivity contribution in [3.8, 4) is 0 Å². The molecule has 1 saturated heterocycles. The van der Waals surface area contributed by atoms with Gasteiger partial charge in [-0.05, 0) is 51.9 Å². The fraction of sp³-hybridized carbons (Fsp3) is 0.615. The number of hydrogen-bond acceptors (Lipinski definition) is 3. The minimum Gasteiger partial charge on any atom is -0.366 e. The molecule has 1 aliphatic rings. The van der Waals surface area contributed by atoms with Crippen molar-refractivity contribution in [2.75, 3.05) is 18.0 Å². The van der Waals surface area contributed by atoms with Crippen LogP contribution in [0.5, 0.6) is 0 Å². The molecule has 1 fully saturated rings. The first kappa shape index (κ1) is 11.4. The zero-order valence-corrected chi connectivity index (χ0v) is 10.2. The highest BCUT2D eigenvalue weighted by Crippen LogP contribution is 2.23. The molecule has 1 aromatic heterocycles. The largest absolute Gasteiger partial charge is 0.366 e. The molecular formula is C13H21N3. The number of piperidine rings is 1. The number of rotatable bonds is 3. The molecule has 0 radical (unpaired) electrons. The van der Waals surface area contributed by atoms with Crippen LogP contribution in [0.2, 0.25) is 0 Å². The van der Waals surface area contributed by atoms with E-state index in [0.717, 1.165) is 13.1 Å².